The summed E-state index contributed by atoms with van der Waals surface area (Å²) in [5.74, 6) is -0.164. The van der Waals surface area contributed by atoms with Gasteiger partial charge in [-0.2, -0.15) is 0 Å². The Morgan fingerprint density at radius 1 is 1.17 bits per heavy atom. The molecule has 0 bridgehead atoms. The summed E-state index contributed by atoms with van der Waals surface area (Å²) < 4.78 is 13.1. The van der Waals surface area contributed by atoms with Gasteiger partial charge in [-0.05, 0) is 53.6 Å². The van der Waals surface area contributed by atoms with Gasteiger partial charge in [0.05, 0.1) is 0 Å². The number of halogens is 1. The second-order valence-electron chi connectivity index (χ2n) is 4.40. The lowest BCUT2D eigenvalue weighted by Gasteiger charge is -2.08. The van der Waals surface area contributed by atoms with Gasteiger partial charge in [0.2, 0.25) is 0 Å². The van der Waals surface area contributed by atoms with Gasteiger partial charge >= 0.3 is 0 Å². The molecule has 0 saturated heterocycles. The molecule has 0 aliphatic rings. The van der Waals surface area contributed by atoms with Crippen LogP contribution < -0.4 is 5.32 Å². The summed E-state index contributed by atoms with van der Waals surface area (Å²) in [6.45, 7) is 5.75. The van der Waals surface area contributed by atoms with E-state index in [0.717, 1.165) is 24.1 Å². The van der Waals surface area contributed by atoms with Gasteiger partial charge < -0.3 is 5.32 Å². The summed E-state index contributed by atoms with van der Waals surface area (Å²) >= 11 is 1.78. The highest BCUT2D eigenvalue weighted by atomic mass is 32.1. The van der Waals surface area contributed by atoms with Crippen LogP contribution in [0.4, 0.5) is 4.39 Å². The average Bonchev–Trinajstić information content (AvgIpc) is 2.81. The zero-order chi connectivity index (χ0) is 13.0. The topological polar surface area (TPSA) is 12.0 Å². The third-order valence-corrected chi connectivity index (χ3v) is 4.09. The minimum atomic E-state index is -0.164. The second kappa shape index (κ2) is 6.12. The lowest BCUT2D eigenvalue weighted by molar-refractivity contribution is 0.619. The fraction of sp³-hybridized carbons (Fsp3) is 0.333. The monoisotopic (exact) mass is 263 g/mol. The van der Waals surface area contributed by atoms with Crippen molar-refractivity contribution in [2.45, 2.75) is 33.4 Å². The van der Waals surface area contributed by atoms with Crippen LogP contribution in [0.15, 0.2) is 29.6 Å². The van der Waals surface area contributed by atoms with Crippen LogP contribution in [-0.2, 0) is 19.5 Å². The molecule has 18 heavy (non-hydrogen) atoms. The number of nitrogens with one attached hydrogen (secondary N) is 1. The molecule has 0 radical (unpaired) electrons. The predicted octanol–water partition coefficient (Wildman–Crippen LogP) is 4.05. The van der Waals surface area contributed by atoms with Crippen LogP contribution in [0, 0.1) is 12.7 Å². The molecular formula is C15H18FNS. The first-order valence-electron chi connectivity index (χ1n) is 6.21. The predicted molar refractivity (Wildman–Crippen MR) is 75.4 cm³/mol. The maximum Gasteiger partial charge on any atom is 0.123 e. The Kier molecular flexibility index (Phi) is 4.50. The van der Waals surface area contributed by atoms with E-state index >= 15 is 0 Å². The third kappa shape index (κ3) is 3.18. The van der Waals surface area contributed by atoms with E-state index in [1.54, 1.807) is 17.4 Å². The van der Waals surface area contributed by atoms with Gasteiger partial charge in [0.1, 0.15) is 5.82 Å². The van der Waals surface area contributed by atoms with E-state index in [2.05, 4.69) is 23.7 Å². The molecule has 0 fully saturated rings. The SMILES string of the molecule is CCc1ccsc1CNCc1cc(F)ccc1C. The van der Waals surface area contributed by atoms with E-state index in [1.165, 1.54) is 16.5 Å². The number of benzene rings is 1. The zero-order valence-electron chi connectivity index (χ0n) is 10.8. The van der Waals surface area contributed by atoms with Gasteiger partial charge in [0, 0.05) is 18.0 Å². The molecule has 1 aromatic carbocycles. The van der Waals surface area contributed by atoms with Crippen LogP contribution in [0.3, 0.4) is 0 Å². The normalized spacial score (nSPS) is 10.8. The first kappa shape index (κ1) is 13.2. The molecule has 0 unspecified atom stereocenters. The quantitative estimate of drug-likeness (QED) is 0.858. The Bertz CT molecular complexity index is 519. The van der Waals surface area contributed by atoms with Crippen molar-refractivity contribution in [3.8, 4) is 0 Å². The van der Waals surface area contributed by atoms with Gasteiger partial charge in [0.25, 0.3) is 0 Å². The summed E-state index contributed by atoms with van der Waals surface area (Å²) in [4.78, 5) is 1.38. The Morgan fingerprint density at radius 2 is 2.00 bits per heavy atom. The van der Waals surface area contributed by atoms with Crippen molar-refractivity contribution in [2.75, 3.05) is 0 Å². The fourth-order valence-corrected chi connectivity index (χ4v) is 2.92. The second-order valence-corrected chi connectivity index (χ2v) is 5.40. The van der Waals surface area contributed by atoms with Crippen LogP contribution >= 0.6 is 11.3 Å². The first-order chi connectivity index (χ1) is 8.70. The smallest absolute Gasteiger partial charge is 0.123 e. The molecule has 2 rings (SSSR count). The molecule has 0 atom stereocenters. The van der Waals surface area contributed by atoms with Crippen molar-refractivity contribution in [2.24, 2.45) is 0 Å². The number of thiophene rings is 1. The van der Waals surface area contributed by atoms with E-state index in [0.29, 0.717) is 6.54 Å². The number of hydrogen-bond acceptors (Lipinski definition) is 2. The van der Waals surface area contributed by atoms with Gasteiger partial charge in [0.15, 0.2) is 0 Å². The van der Waals surface area contributed by atoms with E-state index < -0.39 is 0 Å². The van der Waals surface area contributed by atoms with Crippen molar-refractivity contribution in [1.29, 1.82) is 0 Å². The van der Waals surface area contributed by atoms with Crippen molar-refractivity contribution >= 4 is 11.3 Å². The average molecular weight is 263 g/mol. The molecule has 1 N–H and O–H groups in total. The summed E-state index contributed by atoms with van der Waals surface area (Å²) in [5, 5.41) is 5.52. The van der Waals surface area contributed by atoms with Gasteiger partial charge in [-0.1, -0.05) is 13.0 Å². The Balaban J connectivity index is 1.94. The van der Waals surface area contributed by atoms with Gasteiger partial charge in [-0.3, -0.25) is 0 Å². The minimum absolute atomic E-state index is 0.164. The number of hydrogen-bond donors (Lipinski definition) is 1. The van der Waals surface area contributed by atoms with Crippen LogP contribution in [0.1, 0.15) is 28.5 Å². The molecule has 0 amide bonds. The molecule has 1 nitrogen and oxygen atoms in total. The van der Waals surface area contributed by atoms with E-state index in [1.807, 2.05) is 13.0 Å². The first-order valence-corrected chi connectivity index (χ1v) is 7.09. The molecule has 2 aromatic rings. The maximum atomic E-state index is 13.1. The summed E-state index contributed by atoms with van der Waals surface area (Å²) in [7, 11) is 0. The summed E-state index contributed by atoms with van der Waals surface area (Å²) in [6, 6.07) is 7.12. The number of aryl methyl sites for hydroxylation is 2. The molecule has 1 heterocycles. The largest absolute Gasteiger partial charge is 0.308 e. The standard InChI is InChI=1S/C15H18FNS/c1-3-12-6-7-18-15(12)10-17-9-13-8-14(16)5-4-11(13)2/h4-8,17H,3,9-10H2,1-2H3. The van der Waals surface area contributed by atoms with E-state index in [4.69, 9.17) is 0 Å². The van der Waals surface area contributed by atoms with Crippen molar-refractivity contribution in [3.05, 3.63) is 57.0 Å². The maximum absolute atomic E-state index is 13.1. The highest BCUT2D eigenvalue weighted by Gasteiger charge is 2.03. The highest BCUT2D eigenvalue weighted by Crippen LogP contribution is 2.17. The summed E-state index contributed by atoms with van der Waals surface area (Å²) in [6.07, 6.45) is 1.07. The van der Waals surface area contributed by atoms with Crippen molar-refractivity contribution in [3.63, 3.8) is 0 Å². The van der Waals surface area contributed by atoms with Gasteiger partial charge in [-0.15, -0.1) is 11.3 Å². The van der Waals surface area contributed by atoms with Gasteiger partial charge in [-0.25, -0.2) is 4.39 Å². The summed E-state index contributed by atoms with van der Waals surface area (Å²) in [5.41, 5.74) is 3.57. The molecule has 0 saturated carbocycles. The fourth-order valence-electron chi connectivity index (χ4n) is 1.98. The molecule has 0 aliphatic carbocycles. The van der Waals surface area contributed by atoms with Crippen LogP contribution in [0.5, 0.6) is 0 Å². The molecule has 3 heteroatoms. The molecule has 0 aliphatic heterocycles. The lowest BCUT2D eigenvalue weighted by atomic mass is 10.1. The molecular weight excluding hydrogens is 245 g/mol. The Labute approximate surface area is 112 Å². The molecule has 96 valence electrons. The van der Waals surface area contributed by atoms with Crippen molar-refractivity contribution < 1.29 is 4.39 Å². The van der Waals surface area contributed by atoms with Crippen LogP contribution in [-0.4, -0.2) is 0 Å². The van der Waals surface area contributed by atoms with Crippen LogP contribution in [0.2, 0.25) is 0 Å². The molecule has 0 spiro atoms. The Morgan fingerprint density at radius 3 is 2.78 bits per heavy atom. The molecule has 1 aromatic heterocycles. The third-order valence-electron chi connectivity index (χ3n) is 3.13. The zero-order valence-corrected chi connectivity index (χ0v) is 11.6. The van der Waals surface area contributed by atoms with E-state index in [9.17, 15) is 4.39 Å². The van der Waals surface area contributed by atoms with E-state index in [-0.39, 0.29) is 5.82 Å². The highest BCUT2D eigenvalue weighted by molar-refractivity contribution is 7.10. The number of rotatable bonds is 5. The minimum Gasteiger partial charge on any atom is -0.308 e. The van der Waals surface area contributed by atoms with Crippen LogP contribution in [0.25, 0.3) is 0 Å². The lowest BCUT2D eigenvalue weighted by Crippen LogP contribution is -2.13. The Hall–Kier alpha value is -1.19. The van der Waals surface area contributed by atoms with Crippen molar-refractivity contribution in [1.82, 2.24) is 5.32 Å².